The Morgan fingerprint density at radius 1 is 1.14 bits per heavy atom. The Morgan fingerprint density at radius 2 is 1.50 bits per heavy atom. The highest BCUT2D eigenvalue weighted by molar-refractivity contribution is 5.05. The average Bonchev–Trinajstić information content (AvgIpc) is 2.29. The van der Waals surface area contributed by atoms with Crippen molar-refractivity contribution in [3.05, 3.63) is 31.9 Å². The molecule has 0 aromatic heterocycles. The molecule has 1 aliphatic heterocycles. The minimum absolute atomic E-state index is 0.625. The molecular weight excluding hydrogens is 200 g/mol. The van der Waals surface area contributed by atoms with Crippen molar-refractivity contribution in [2.75, 3.05) is 0 Å². The van der Waals surface area contributed by atoms with Gasteiger partial charge in [0.2, 0.25) is 0 Å². The molecule has 0 amide bonds. The van der Waals surface area contributed by atoms with Gasteiger partial charge in [0, 0.05) is 0 Å². The minimum Gasteiger partial charge on any atom is -0.369 e. The van der Waals surface area contributed by atoms with E-state index in [1.165, 1.54) is 0 Å². The minimum atomic E-state index is -1.51. The summed E-state index contributed by atoms with van der Waals surface area (Å²) in [5.41, 5.74) is 0. The molecule has 10 nitrogen and oxygen atoms in total. The van der Waals surface area contributed by atoms with Crippen molar-refractivity contribution in [2.45, 2.75) is 12.5 Å². The smallest absolute Gasteiger partial charge is 0.369 e. The molecule has 0 aromatic carbocycles. The van der Waals surface area contributed by atoms with Crippen molar-refractivity contribution in [3.8, 4) is 0 Å². The van der Waals surface area contributed by atoms with E-state index in [4.69, 9.17) is 10.2 Å². The molecule has 1 fully saturated rings. The van der Waals surface area contributed by atoms with Gasteiger partial charge in [-0.25, -0.2) is 0 Å². The van der Waals surface area contributed by atoms with Gasteiger partial charge in [0.15, 0.2) is 12.5 Å². The normalized spacial score (nSPS) is 25.1. The summed E-state index contributed by atoms with van der Waals surface area (Å²) in [5.74, 6) is -1.99. The highest BCUT2D eigenvalue weighted by atomic mass is 16.7. The number of hydrogen-bond donors (Lipinski definition) is 4. The summed E-state index contributed by atoms with van der Waals surface area (Å²) < 4.78 is 0. The van der Waals surface area contributed by atoms with Crippen LogP contribution in [0.4, 0.5) is 0 Å². The predicted molar refractivity (Wildman–Crippen MR) is 39.3 cm³/mol. The third-order valence-electron chi connectivity index (χ3n) is 1.45. The molecule has 0 bridgehead atoms. The first-order valence-corrected chi connectivity index (χ1v) is 3.35. The zero-order valence-corrected chi connectivity index (χ0v) is 6.58. The first kappa shape index (κ1) is 10.1. The SMILES string of the molecule is O=[N+]([O-])C(=C1NC(O)C(O)N1)[N+](=O)[O-]. The van der Waals surface area contributed by atoms with E-state index < -0.39 is 33.9 Å². The quantitative estimate of drug-likeness (QED) is 0.285. The summed E-state index contributed by atoms with van der Waals surface area (Å²) in [6.45, 7) is 0. The molecule has 1 saturated heterocycles. The van der Waals surface area contributed by atoms with Crippen LogP contribution in [0.2, 0.25) is 0 Å². The van der Waals surface area contributed by atoms with Gasteiger partial charge in [-0.1, -0.05) is 0 Å². The van der Waals surface area contributed by atoms with Crippen LogP contribution in [0, 0.1) is 20.2 Å². The molecule has 1 heterocycles. The zero-order valence-electron chi connectivity index (χ0n) is 6.58. The topological polar surface area (TPSA) is 151 Å². The van der Waals surface area contributed by atoms with Gasteiger partial charge < -0.3 is 20.8 Å². The summed E-state index contributed by atoms with van der Waals surface area (Å²) in [5, 5.41) is 42.1. The van der Waals surface area contributed by atoms with Gasteiger partial charge in [-0.05, 0) is 0 Å². The largest absolute Gasteiger partial charge is 0.599 e. The monoisotopic (exact) mass is 206 g/mol. The van der Waals surface area contributed by atoms with Crippen molar-refractivity contribution < 1.29 is 20.1 Å². The Bertz CT molecular complexity index is 285. The van der Waals surface area contributed by atoms with Crippen molar-refractivity contribution in [1.82, 2.24) is 10.6 Å². The van der Waals surface area contributed by atoms with Crippen molar-refractivity contribution >= 4 is 0 Å². The maximum Gasteiger partial charge on any atom is 0.599 e. The lowest BCUT2D eigenvalue weighted by atomic mass is 10.5. The van der Waals surface area contributed by atoms with Crippen LogP contribution < -0.4 is 10.6 Å². The maximum absolute atomic E-state index is 10.2. The van der Waals surface area contributed by atoms with Crippen LogP contribution in [-0.2, 0) is 0 Å². The third kappa shape index (κ3) is 1.70. The molecular formula is C4H6N4O6. The molecule has 78 valence electrons. The van der Waals surface area contributed by atoms with Crippen LogP contribution in [0.15, 0.2) is 11.6 Å². The van der Waals surface area contributed by atoms with Crippen LogP contribution >= 0.6 is 0 Å². The Balaban J connectivity index is 3.02. The summed E-state index contributed by atoms with van der Waals surface area (Å²) in [6.07, 6.45) is -3.03. The second-order valence-electron chi connectivity index (χ2n) is 2.39. The van der Waals surface area contributed by atoms with Crippen LogP contribution in [0.5, 0.6) is 0 Å². The Kier molecular flexibility index (Phi) is 2.49. The molecule has 10 heteroatoms. The van der Waals surface area contributed by atoms with Crippen LogP contribution in [0.25, 0.3) is 0 Å². The number of nitrogens with one attached hydrogen (secondary N) is 2. The first-order valence-electron chi connectivity index (χ1n) is 3.35. The second kappa shape index (κ2) is 3.43. The number of hydrogen-bond acceptors (Lipinski definition) is 8. The predicted octanol–water partition coefficient (Wildman–Crippen LogP) is -2.50. The van der Waals surface area contributed by atoms with Crippen LogP contribution in [0.3, 0.4) is 0 Å². The van der Waals surface area contributed by atoms with Gasteiger partial charge in [-0.15, -0.1) is 0 Å². The summed E-state index contributed by atoms with van der Waals surface area (Å²) >= 11 is 0. The van der Waals surface area contributed by atoms with E-state index in [2.05, 4.69) is 0 Å². The summed E-state index contributed by atoms with van der Waals surface area (Å²) in [7, 11) is 0. The Labute approximate surface area is 76.1 Å². The fraction of sp³-hybridized carbons (Fsp3) is 0.500. The van der Waals surface area contributed by atoms with Crippen LogP contribution in [0.1, 0.15) is 0 Å². The van der Waals surface area contributed by atoms with Crippen molar-refractivity contribution in [2.24, 2.45) is 0 Å². The molecule has 2 unspecified atom stereocenters. The number of rotatable bonds is 2. The molecule has 0 aromatic rings. The van der Waals surface area contributed by atoms with Crippen LogP contribution in [-0.4, -0.2) is 32.5 Å². The Hall–Kier alpha value is -1.94. The van der Waals surface area contributed by atoms with Gasteiger partial charge in [0.1, 0.15) is 9.85 Å². The first-order chi connectivity index (χ1) is 6.43. The van der Waals surface area contributed by atoms with Gasteiger partial charge in [0.05, 0.1) is 0 Å². The molecule has 1 rings (SSSR count). The molecule has 0 aliphatic carbocycles. The fourth-order valence-electron chi connectivity index (χ4n) is 0.874. The number of aliphatic hydroxyl groups is 2. The lowest BCUT2D eigenvalue weighted by molar-refractivity contribution is -0.618. The zero-order chi connectivity index (χ0) is 10.9. The van der Waals surface area contributed by atoms with Crippen molar-refractivity contribution in [3.63, 3.8) is 0 Å². The summed E-state index contributed by atoms with van der Waals surface area (Å²) in [4.78, 5) is 17.9. The van der Waals surface area contributed by atoms with Gasteiger partial charge in [0.25, 0.3) is 5.82 Å². The fourth-order valence-corrected chi connectivity index (χ4v) is 0.874. The van der Waals surface area contributed by atoms with E-state index >= 15 is 0 Å². The Morgan fingerprint density at radius 3 is 1.79 bits per heavy atom. The van der Waals surface area contributed by atoms with E-state index in [0.29, 0.717) is 0 Å². The van der Waals surface area contributed by atoms with E-state index in [1.54, 1.807) is 0 Å². The molecule has 1 aliphatic rings. The number of nitrogens with zero attached hydrogens (tertiary/aromatic N) is 2. The summed E-state index contributed by atoms with van der Waals surface area (Å²) in [6, 6.07) is 0. The lowest BCUT2D eigenvalue weighted by Crippen LogP contribution is -2.32. The van der Waals surface area contributed by atoms with Gasteiger partial charge in [-0.2, -0.15) is 0 Å². The molecule has 2 atom stereocenters. The van der Waals surface area contributed by atoms with E-state index in [1.807, 2.05) is 10.6 Å². The van der Waals surface area contributed by atoms with E-state index in [0.717, 1.165) is 0 Å². The standard InChI is InChI=1S/C4H6N4O6/c9-2-3(10)6-1(5-2)4(7(11)12)8(13)14/h2-3,5-6,9-10H. The number of nitro groups is 2. The number of aliphatic hydroxyl groups excluding tert-OH is 2. The highest BCUT2D eigenvalue weighted by Gasteiger charge is 2.40. The van der Waals surface area contributed by atoms with Crippen molar-refractivity contribution in [1.29, 1.82) is 0 Å². The van der Waals surface area contributed by atoms with Gasteiger partial charge >= 0.3 is 5.82 Å². The molecule has 4 N–H and O–H groups in total. The third-order valence-corrected chi connectivity index (χ3v) is 1.45. The lowest BCUT2D eigenvalue weighted by Gasteiger charge is -2.02. The van der Waals surface area contributed by atoms with E-state index in [-0.39, 0.29) is 0 Å². The average molecular weight is 206 g/mol. The van der Waals surface area contributed by atoms with Gasteiger partial charge in [-0.3, -0.25) is 20.2 Å². The maximum atomic E-state index is 10.2. The molecule has 0 radical (unpaired) electrons. The molecule has 14 heavy (non-hydrogen) atoms. The highest BCUT2D eigenvalue weighted by Crippen LogP contribution is 2.08. The molecule has 0 saturated carbocycles. The molecule has 0 spiro atoms. The second-order valence-corrected chi connectivity index (χ2v) is 2.39. The van der Waals surface area contributed by atoms with E-state index in [9.17, 15) is 20.2 Å².